The highest BCUT2D eigenvalue weighted by molar-refractivity contribution is 6.33. The van der Waals surface area contributed by atoms with E-state index in [0.29, 0.717) is 5.69 Å². The molecule has 0 heterocycles. The van der Waals surface area contributed by atoms with E-state index in [1.54, 1.807) is 0 Å². The fourth-order valence-electron chi connectivity index (χ4n) is 0.849. The summed E-state index contributed by atoms with van der Waals surface area (Å²) in [7, 11) is 1.28. The molecule has 0 saturated heterocycles. The minimum absolute atomic E-state index is 0.236. The van der Waals surface area contributed by atoms with Gasteiger partial charge in [-0.15, -0.1) is 0 Å². The molecule has 0 bridgehead atoms. The Labute approximate surface area is 80.7 Å². The van der Waals surface area contributed by atoms with Gasteiger partial charge in [-0.05, 0) is 6.07 Å². The van der Waals surface area contributed by atoms with Crippen LogP contribution in [-0.2, 0) is 4.74 Å². The van der Waals surface area contributed by atoms with Crippen molar-refractivity contribution < 1.29 is 9.53 Å². The molecule has 1 aromatic rings. The number of hydrogen-bond acceptors (Lipinski definition) is 2. The van der Waals surface area contributed by atoms with E-state index >= 15 is 0 Å². The molecule has 0 atom stereocenters. The summed E-state index contributed by atoms with van der Waals surface area (Å²) in [6.07, 6.45) is 0. The number of nitrogens with zero attached hydrogens (tertiary/aromatic N) is 1. The van der Waals surface area contributed by atoms with E-state index in [2.05, 4.69) is 9.58 Å². The van der Waals surface area contributed by atoms with Crippen LogP contribution in [0.1, 0.15) is 10.4 Å². The third-order valence-electron chi connectivity index (χ3n) is 1.49. The second kappa shape index (κ2) is 3.92. The van der Waals surface area contributed by atoms with E-state index in [-0.39, 0.29) is 10.6 Å². The van der Waals surface area contributed by atoms with Crippen molar-refractivity contribution in [2.24, 2.45) is 0 Å². The van der Waals surface area contributed by atoms with Crippen molar-refractivity contribution in [1.82, 2.24) is 0 Å². The Balaban J connectivity index is 3.14. The van der Waals surface area contributed by atoms with Gasteiger partial charge in [0.25, 0.3) is 0 Å². The van der Waals surface area contributed by atoms with Gasteiger partial charge in [-0.3, -0.25) is 0 Å². The molecule has 0 aliphatic heterocycles. The summed E-state index contributed by atoms with van der Waals surface area (Å²) >= 11 is 5.74. The van der Waals surface area contributed by atoms with Crippen LogP contribution in [0.4, 0.5) is 5.69 Å². The molecule has 0 aliphatic carbocycles. The normalized spacial score (nSPS) is 9.00. The molecule has 0 amide bonds. The van der Waals surface area contributed by atoms with Crippen LogP contribution < -0.4 is 0 Å². The Morgan fingerprint density at radius 1 is 1.62 bits per heavy atom. The summed E-state index contributed by atoms with van der Waals surface area (Å²) in [6.45, 7) is 6.71. The summed E-state index contributed by atoms with van der Waals surface area (Å²) in [5.74, 6) is -0.499. The second-order valence-electron chi connectivity index (χ2n) is 2.27. The third kappa shape index (κ3) is 1.98. The number of carbonyl (C=O) groups excluding carboxylic acids is 1. The Bertz CT molecular complexity index is 382. The highest BCUT2D eigenvalue weighted by Gasteiger charge is 2.09. The van der Waals surface area contributed by atoms with E-state index in [1.807, 2.05) is 0 Å². The summed E-state index contributed by atoms with van der Waals surface area (Å²) in [5, 5.41) is 0.236. The topological polar surface area (TPSA) is 30.7 Å². The first-order valence-corrected chi connectivity index (χ1v) is 3.82. The van der Waals surface area contributed by atoms with Gasteiger partial charge >= 0.3 is 5.97 Å². The zero-order valence-electron chi connectivity index (χ0n) is 6.87. The van der Waals surface area contributed by atoms with Gasteiger partial charge in [0.15, 0.2) is 5.69 Å². The number of halogens is 1. The first-order chi connectivity index (χ1) is 6.19. The van der Waals surface area contributed by atoms with Gasteiger partial charge in [-0.25, -0.2) is 9.64 Å². The van der Waals surface area contributed by atoms with Crippen molar-refractivity contribution in [3.05, 3.63) is 40.2 Å². The molecular formula is C9H6ClNO2. The van der Waals surface area contributed by atoms with Gasteiger partial charge in [0.05, 0.1) is 19.2 Å². The molecule has 0 saturated carbocycles. The lowest BCUT2D eigenvalue weighted by Gasteiger charge is -2.01. The molecule has 0 radical (unpaired) electrons. The Hall–Kier alpha value is -1.53. The van der Waals surface area contributed by atoms with Crippen LogP contribution in [0.15, 0.2) is 18.2 Å². The van der Waals surface area contributed by atoms with Crippen molar-refractivity contribution in [3.63, 3.8) is 0 Å². The van der Waals surface area contributed by atoms with Gasteiger partial charge in [-0.2, -0.15) is 0 Å². The molecule has 4 heteroatoms. The first kappa shape index (κ1) is 9.56. The van der Waals surface area contributed by atoms with Crippen LogP contribution in [-0.4, -0.2) is 13.1 Å². The van der Waals surface area contributed by atoms with Crippen LogP contribution in [0.2, 0.25) is 5.02 Å². The highest BCUT2D eigenvalue weighted by Crippen LogP contribution is 2.23. The third-order valence-corrected chi connectivity index (χ3v) is 1.80. The largest absolute Gasteiger partial charge is 0.465 e. The van der Waals surface area contributed by atoms with E-state index in [9.17, 15) is 4.79 Å². The summed E-state index contributed by atoms with van der Waals surface area (Å²) in [6, 6.07) is 4.42. The van der Waals surface area contributed by atoms with Gasteiger partial charge < -0.3 is 4.74 Å². The predicted octanol–water partition coefficient (Wildman–Crippen LogP) is 2.68. The predicted molar refractivity (Wildman–Crippen MR) is 49.1 cm³/mol. The SMILES string of the molecule is [C-]#[N+]c1ccc(C(=O)OC)c(Cl)c1. The molecular weight excluding hydrogens is 190 g/mol. The van der Waals surface area contributed by atoms with Crippen LogP contribution in [0.25, 0.3) is 4.85 Å². The molecule has 0 unspecified atom stereocenters. The Morgan fingerprint density at radius 3 is 2.77 bits per heavy atom. The quantitative estimate of drug-likeness (QED) is 0.510. The zero-order valence-corrected chi connectivity index (χ0v) is 7.63. The molecule has 13 heavy (non-hydrogen) atoms. The van der Waals surface area contributed by atoms with E-state index in [4.69, 9.17) is 18.2 Å². The van der Waals surface area contributed by atoms with Crippen molar-refractivity contribution in [2.45, 2.75) is 0 Å². The summed E-state index contributed by atoms with van der Waals surface area (Å²) < 4.78 is 4.49. The fourth-order valence-corrected chi connectivity index (χ4v) is 1.10. The number of benzene rings is 1. The van der Waals surface area contributed by atoms with Crippen LogP contribution in [0.5, 0.6) is 0 Å². The van der Waals surface area contributed by atoms with Crippen molar-refractivity contribution in [1.29, 1.82) is 0 Å². The molecule has 1 aromatic carbocycles. The maximum Gasteiger partial charge on any atom is 0.339 e. The molecule has 0 N–H and O–H groups in total. The molecule has 1 rings (SSSR count). The van der Waals surface area contributed by atoms with E-state index in [0.717, 1.165) is 0 Å². The lowest BCUT2D eigenvalue weighted by Crippen LogP contribution is -2.01. The molecule has 0 aromatic heterocycles. The molecule has 0 fully saturated rings. The molecule has 66 valence electrons. The molecule has 0 aliphatic rings. The maximum absolute atomic E-state index is 11.0. The average Bonchev–Trinajstić information content (AvgIpc) is 2.16. The maximum atomic E-state index is 11.0. The number of carbonyl (C=O) groups is 1. The average molecular weight is 196 g/mol. The van der Waals surface area contributed by atoms with Gasteiger partial charge in [0.1, 0.15) is 0 Å². The van der Waals surface area contributed by atoms with E-state index in [1.165, 1.54) is 25.3 Å². The fraction of sp³-hybridized carbons (Fsp3) is 0.111. The minimum Gasteiger partial charge on any atom is -0.465 e. The number of methoxy groups -OCH3 is 1. The van der Waals surface area contributed by atoms with Crippen molar-refractivity contribution in [2.75, 3.05) is 7.11 Å². The lowest BCUT2D eigenvalue weighted by molar-refractivity contribution is 0.0601. The summed E-state index contributed by atoms with van der Waals surface area (Å²) in [4.78, 5) is 14.2. The van der Waals surface area contributed by atoms with Crippen molar-refractivity contribution in [3.8, 4) is 0 Å². The van der Waals surface area contributed by atoms with Gasteiger partial charge in [0.2, 0.25) is 0 Å². The molecule has 3 nitrogen and oxygen atoms in total. The first-order valence-electron chi connectivity index (χ1n) is 3.44. The Kier molecular flexibility index (Phi) is 2.88. The second-order valence-corrected chi connectivity index (χ2v) is 2.67. The van der Waals surface area contributed by atoms with Gasteiger partial charge in [-0.1, -0.05) is 23.7 Å². The smallest absolute Gasteiger partial charge is 0.339 e. The highest BCUT2D eigenvalue weighted by atomic mass is 35.5. The number of esters is 1. The monoisotopic (exact) mass is 195 g/mol. The summed E-state index contributed by atoms with van der Waals surface area (Å²) in [5.41, 5.74) is 0.675. The van der Waals surface area contributed by atoms with Gasteiger partial charge in [0, 0.05) is 5.02 Å². The van der Waals surface area contributed by atoms with E-state index < -0.39 is 5.97 Å². The van der Waals surface area contributed by atoms with Crippen LogP contribution >= 0.6 is 11.6 Å². The minimum atomic E-state index is -0.499. The lowest BCUT2D eigenvalue weighted by atomic mass is 10.2. The number of ether oxygens (including phenoxy) is 1. The van der Waals surface area contributed by atoms with Crippen molar-refractivity contribution >= 4 is 23.3 Å². The standard InChI is InChI=1S/C9H6ClNO2/c1-11-6-3-4-7(8(10)5-6)9(12)13-2/h3-5H,2H3. The van der Waals surface area contributed by atoms with Crippen LogP contribution in [0, 0.1) is 6.57 Å². The molecule has 0 spiro atoms. The van der Waals surface area contributed by atoms with Crippen LogP contribution in [0.3, 0.4) is 0 Å². The Morgan fingerprint density at radius 2 is 2.31 bits per heavy atom. The number of rotatable bonds is 1. The number of hydrogen-bond donors (Lipinski definition) is 0. The zero-order chi connectivity index (χ0) is 9.84.